The van der Waals surface area contributed by atoms with Crippen LogP contribution in [0.5, 0.6) is 0 Å². The summed E-state index contributed by atoms with van der Waals surface area (Å²) in [4.78, 5) is 0. The normalized spacial score (nSPS) is 13.4. The summed E-state index contributed by atoms with van der Waals surface area (Å²) in [5, 5.41) is 9.15. The fraction of sp³-hybridized carbons (Fsp3) is 0.500. The summed E-state index contributed by atoms with van der Waals surface area (Å²) in [6.07, 6.45) is 3.05. The number of rotatable bonds is 5. The number of hydrogen-bond acceptors (Lipinski definition) is 2. The first-order valence-corrected chi connectivity index (χ1v) is 6.34. The molecule has 0 amide bonds. The molecular weight excluding hydrogens is 210 g/mol. The quantitative estimate of drug-likeness (QED) is 0.857. The van der Waals surface area contributed by atoms with Crippen LogP contribution in [0.25, 0.3) is 10.9 Å². The number of nitrogens with zero attached hydrogens (tertiary/aromatic N) is 2. The Morgan fingerprint density at radius 2 is 2.00 bits per heavy atom. The molecule has 17 heavy (non-hydrogen) atoms. The number of fused-ring (bicyclic) bond motifs is 1. The van der Waals surface area contributed by atoms with Gasteiger partial charge in [-0.15, -0.1) is 0 Å². The van der Waals surface area contributed by atoms with Crippen LogP contribution in [0.15, 0.2) is 30.5 Å². The number of benzene rings is 1. The third kappa shape index (κ3) is 2.86. The molecule has 0 bridgehead atoms. The highest BCUT2D eigenvalue weighted by Crippen LogP contribution is 2.18. The van der Waals surface area contributed by atoms with E-state index in [9.17, 15) is 0 Å². The van der Waals surface area contributed by atoms with E-state index < -0.39 is 0 Å². The van der Waals surface area contributed by atoms with Gasteiger partial charge in [-0.1, -0.05) is 32.0 Å². The van der Waals surface area contributed by atoms with Crippen LogP contribution in [-0.4, -0.2) is 22.4 Å². The first kappa shape index (κ1) is 12.1. The number of nitrogens with one attached hydrogen (secondary N) is 1. The first-order chi connectivity index (χ1) is 8.18. The Kier molecular flexibility index (Phi) is 3.79. The summed E-state index contributed by atoms with van der Waals surface area (Å²) in [6.45, 7) is 7.61. The van der Waals surface area contributed by atoms with Crippen LogP contribution in [0.4, 0.5) is 0 Å². The lowest BCUT2D eigenvalue weighted by atomic mass is 10.2. The van der Waals surface area contributed by atoms with Gasteiger partial charge >= 0.3 is 0 Å². The number of para-hydroxylation sites is 1. The van der Waals surface area contributed by atoms with E-state index in [0.717, 1.165) is 13.0 Å². The van der Waals surface area contributed by atoms with Gasteiger partial charge in [-0.3, -0.25) is 4.68 Å². The molecule has 3 heteroatoms. The zero-order valence-corrected chi connectivity index (χ0v) is 10.9. The molecule has 1 aromatic heterocycles. The van der Waals surface area contributed by atoms with Crippen molar-refractivity contribution in [3.63, 3.8) is 0 Å². The molecule has 0 aliphatic heterocycles. The van der Waals surface area contributed by atoms with Crippen LogP contribution in [0, 0.1) is 0 Å². The third-order valence-corrected chi connectivity index (χ3v) is 3.04. The van der Waals surface area contributed by atoms with Gasteiger partial charge < -0.3 is 5.32 Å². The maximum absolute atomic E-state index is 4.48. The molecule has 1 aromatic carbocycles. The van der Waals surface area contributed by atoms with E-state index in [0.29, 0.717) is 12.1 Å². The topological polar surface area (TPSA) is 29.9 Å². The second-order valence-electron chi connectivity index (χ2n) is 4.89. The fourth-order valence-corrected chi connectivity index (χ4v) is 2.05. The fourth-order valence-electron chi connectivity index (χ4n) is 2.05. The predicted molar refractivity (Wildman–Crippen MR) is 72.2 cm³/mol. The second kappa shape index (κ2) is 5.32. The van der Waals surface area contributed by atoms with E-state index in [1.165, 1.54) is 10.9 Å². The lowest BCUT2D eigenvalue weighted by Gasteiger charge is -2.15. The molecule has 0 aliphatic carbocycles. The van der Waals surface area contributed by atoms with Crippen molar-refractivity contribution in [1.82, 2.24) is 15.1 Å². The Balaban J connectivity index is 2.06. The Bertz CT molecular complexity index is 473. The van der Waals surface area contributed by atoms with Crippen LogP contribution in [-0.2, 0) is 0 Å². The predicted octanol–water partition coefficient (Wildman–Crippen LogP) is 2.99. The van der Waals surface area contributed by atoms with Crippen molar-refractivity contribution in [3.05, 3.63) is 30.5 Å². The minimum Gasteiger partial charge on any atom is -0.314 e. The molecule has 0 aliphatic rings. The second-order valence-corrected chi connectivity index (χ2v) is 4.89. The summed E-state index contributed by atoms with van der Waals surface area (Å²) in [5.74, 6) is 0. The zero-order valence-electron chi connectivity index (χ0n) is 10.9. The summed E-state index contributed by atoms with van der Waals surface area (Å²) in [6, 6.07) is 9.35. The lowest BCUT2D eigenvalue weighted by Crippen LogP contribution is -2.25. The molecule has 0 radical (unpaired) electrons. The Morgan fingerprint density at radius 3 is 2.76 bits per heavy atom. The van der Waals surface area contributed by atoms with Gasteiger partial charge in [0.1, 0.15) is 0 Å². The van der Waals surface area contributed by atoms with Gasteiger partial charge in [-0.05, 0) is 26.0 Å². The van der Waals surface area contributed by atoms with Gasteiger partial charge in [0.2, 0.25) is 0 Å². The Morgan fingerprint density at radius 1 is 1.24 bits per heavy atom. The molecule has 1 N–H and O–H groups in total. The largest absolute Gasteiger partial charge is 0.314 e. The summed E-state index contributed by atoms with van der Waals surface area (Å²) < 4.78 is 2.12. The van der Waals surface area contributed by atoms with E-state index in [2.05, 4.69) is 60.1 Å². The van der Waals surface area contributed by atoms with E-state index in [1.54, 1.807) is 0 Å². The van der Waals surface area contributed by atoms with Gasteiger partial charge in [-0.2, -0.15) is 5.10 Å². The summed E-state index contributed by atoms with van der Waals surface area (Å²) in [5.41, 5.74) is 1.23. The molecule has 3 nitrogen and oxygen atoms in total. The lowest BCUT2D eigenvalue weighted by molar-refractivity contribution is 0.443. The molecule has 2 aromatic rings. The molecule has 1 unspecified atom stereocenters. The molecule has 1 atom stereocenters. The molecule has 1 heterocycles. The van der Waals surface area contributed by atoms with Gasteiger partial charge in [-0.25, -0.2) is 0 Å². The van der Waals surface area contributed by atoms with Crippen molar-refractivity contribution >= 4 is 10.9 Å². The highest BCUT2D eigenvalue weighted by atomic mass is 15.3. The number of aromatic nitrogens is 2. The third-order valence-electron chi connectivity index (χ3n) is 3.04. The van der Waals surface area contributed by atoms with Crippen LogP contribution in [0.2, 0.25) is 0 Å². The summed E-state index contributed by atoms with van der Waals surface area (Å²) in [7, 11) is 0. The Labute approximate surface area is 103 Å². The first-order valence-electron chi connectivity index (χ1n) is 6.34. The van der Waals surface area contributed by atoms with Crippen molar-refractivity contribution in [2.75, 3.05) is 6.54 Å². The zero-order chi connectivity index (χ0) is 12.3. The SMILES string of the molecule is CC(C)NCCC(C)n1ncc2ccccc21. The van der Waals surface area contributed by atoms with Crippen molar-refractivity contribution in [1.29, 1.82) is 0 Å². The number of hydrogen-bond donors (Lipinski definition) is 1. The van der Waals surface area contributed by atoms with E-state index >= 15 is 0 Å². The van der Waals surface area contributed by atoms with Crippen molar-refractivity contribution in [2.24, 2.45) is 0 Å². The standard InChI is InChI=1S/C14H21N3/c1-11(2)15-9-8-12(3)17-14-7-5-4-6-13(14)10-16-17/h4-7,10-12,15H,8-9H2,1-3H3. The average Bonchev–Trinajstić information content (AvgIpc) is 2.72. The van der Waals surface area contributed by atoms with E-state index in [-0.39, 0.29) is 0 Å². The van der Waals surface area contributed by atoms with E-state index in [4.69, 9.17) is 0 Å². The molecule has 0 fully saturated rings. The molecular formula is C14H21N3. The Hall–Kier alpha value is -1.35. The van der Waals surface area contributed by atoms with Crippen molar-refractivity contribution < 1.29 is 0 Å². The van der Waals surface area contributed by atoms with E-state index in [1.807, 2.05) is 6.20 Å². The van der Waals surface area contributed by atoms with Gasteiger partial charge in [0.15, 0.2) is 0 Å². The minimum atomic E-state index is 0.432. The van der Waals surface area contributed by atoms with Gasteiger partial charge in [0, 0.05) is 11.4 Å². The highest BCUT2D eigenvalue weighted by molar-refractivity contribution is 5.78. The van der Waals surface area contributed by atoms with Crippen LogP contribution in [0.1, 0.15) is 33.2 Å². The molecule has 92 valence electrons. The maximum Gasteiger partial charge on any atom is 0.0685 e. The monoisotopic (exact) mass is 231 g/mol. The minimum absolute atomic E-state index is 0.432. The van der Waals surface area contributed by atoms with Gasteiger partial charge in [0.25, 0.3) is 0 Å². The molecule has 2 rings (SSSR count). The van der Waals surface area contributed by atoms with Crippen molar-refractivity contribution in [3.8, 4) is 0 Å². The molecule has 0 saturated carbocycles. The maximum atomic E-state index is 4.48. The molecule has 0 spiro atoms. The highest BCUT2D eigenvalue weighted by Gasteiger charge is 2.09. The van der Waals surface area contributed by atoms with Crippen molar-refractivity contribution in [2.45, 2.75) is 39.3 Å². The molecule has 0 saturated heterocycles. The summed E-state index contributed by atoms with van der Waals surface area (Å²) >= 11 is 0. The van der Waals surface area contributed by atoms with Gasteiger partial charge in [0.05, 0.1) is 17.8 Å². The smallest absolute Gasteiger partial charge is 0.0685 e. The van der Waals surface area contributed by atoms with Crippen LogP contribution < -0.4 is 5.32 Å². The van der Waals surface area contributed by atoms with Crippen LogP contribution in [0.3, 0.4) is 0 Å². The van der Waals surface area contributed by atoms with Crippen LogP contribution >= 0.6 is 0 Å². The average molecular weight is 231 g/mol.